The maximum Gasteiger partial charge on any atom is 0.150 e. The average Bonchev–Trinajstić information content (AvgIpc) is 2.90. The Bertz CT molecular complexity index is 444. The second-order valence-corrected chi connectivity index (χ2v) is 8.57. The van der Waals surface area contributed by atoms with Gasteiger partial charge >= 0.3 is 0 Å². The van der Waals surface area contributed by atoms with E-state index in [4.69, 9.17) is 0 Å². The summed E-state index contributed by atoms with van der Waals surface area (Å²) in [5.74, 6) is 2.77. The molecule has 0 N–H and O–H groups in total. The number of rotatable bonds is 0. The maximum atomic E-state index is 12.4. The van der Waals surface area contributed by atoms with Crippen LogP contribution in [0.5, 0.6) is 0 Å². The molecule has 0 aromatic rings. The van der Waals surface area contributed by atoms with Crippen LogP contribution in [0.1, 0.15) is 12.8 Å². The number of carbonyl (C=O) groups is 2. The lowest BCUT2D eigenvalue weighted by molar-refractivity contribution is -0.128. The zero-order chi connectivity index (χ0) is 11.7. The molecule has 1 spiro atoms. The lowest BCUT2D eigenvalue weighted by atomic mass is 9.79. The van der Waals surface area contributed by atoms with Crippen LogP contribution in [0.25, 0.3) is 0 Å². The quantitative estimate of drug-likeness (QED) is 0.621. The lowest BCUT2D eigenvalue weighted by Gasteiger charge is -2.24. The highest BCUT2D eigenvalue weighted by molar-refractivity contribution is 9.10. The van der Waals surface area contributed by atoms with Gasteiger partial charge in [-0.25, -0.2) is 0 Å². The number of carbonyl (C=O) groups excluding carboxylic acids is 2. The van der Waals surface area contributed by atoms with Gasteiger partial charge in [-0.05, 0) is 41.9 Å². The Kier molecular flexibility index (Phi) is 1.55. The summed E-state index contributed by atoms with van der Waals surface area (Å²) in [6, 6.07) is 0. The van der Waals surface area contributed by atoms with E-state index in [2.05, 4.69) is 31.9 Å². The Labute approximate surface area is 116 Å². The van der Waals surface area contributed by atoms with Crippen molar-refractivity contribution in [3.05, 3.63) is 0 Å². The summed E-state index contributed by atoms with van der Waals surface area (Å²) >= 11 is 7.25. The monoisotopic (exact) mass is 358 g/mol. The Hall–Kier alpha value is 0.300. The predicted octanol–water partition coefficient (Wildman–Crippen LogP) is 2.18. The van der Waals surface area contributed by atoms with Gasteiger partial charge in [-0.3, -0.25) is 9.59 Å². The van der Waals surface area contributed by atoms with Gasteiger partial charge in [0.25, 0.3) is 0 Å². The van der Waals surface area contributed by atoms with Crippen LogP contribution in [-0.2, 0) is 9.59 Å². The first-order valence-electron chi connectivity index (χ1n) is 6.45. The summed E-state index contributed by atoms with van der Waals surface area (Å²) in [7, 11) is 0. The molecule has 2 nitrogen and oxygen atoms in total. The van der Waals surface area contributed by atoms with E-state index in [1.54, 1.807) is 0 Å². The van der Waals surface area contributed by atoms with Crippen molar-refractivity contribution in [1.82, 2.24) is 0 Å². The molecule has 0 aromatic carbocycles. The van der Waals surface area contributed by atoms with Crippen LogP contribution in [0.15, 0.2) is 0 Å². The summed E-state index contributed by atoms with van der Waals surface area (Å²) in [6.45, 7) is 0. The van der Waals surface area contributed by atoms with Crippen molar-refractivity contribution in [1.29, 1.82) is 0 Å². The molecular formula is C13H12Br2O2. The number of halogens is 2. The molecule has 0 amide bonds. The number of Topliss-reactive ketones (excluding diaryl/α,β-unsaturated/α-hetero) is 2. The van der Waals surface area contributed by atoms with Gasteiger partial charge in [0, 0.05) is 11.8 Å². The van der Waals surface area contributed by atoms with Gasteiger partial charge in [-0.2, -0.15) is 0 Å². The standard InChI is InChI=1S/C13H12Br2O2/c14-9-3-4-8-6(12(17)10(4)15)5(11(9)16)7(3)13(8)1-2-13/h3-10H,1-2H2. The Morgan fingerprint density at radius 3 is 1.65 bits per heavy atom. The highest BCUT2D eigenvalue weighted by Crippen LogP contribution is 2.84. The van der Waals surface area contributed by atoms with Crippen LogP contribution in [0, 0.1) is 40.9 Å². The number of alkyl halides is 2. The second kappa shape index (κ2) is 2.60. The summed E-state index contributed by atoms with van der Waals surface area (Å²) < 4.78 is 0. The SMILES string of the molecule is O=C1C(Br)C2C3C(Br)C(=O)C4C1C2C1(CC1)C43. The van der Waals surface area contributed by atoms with Crippen LogP contribution in [0.2, 0.25) is 0 Å². The van der Waals surface area contributed by atoms with Gasteiger partial charge < -0.3 is 0 Å². The Balaban J connectivity index is 1.80. The molecule has 5 rings (SSSR count). The van der Waals surface area contributed by atoms with Crippen molar-refractivity contribution in [3.8, 4) is 0 Å². The van der Waals surface area contributed by atoms with Gasteiger partial charge in [-0.1, -0.05) is 31.9 Å². The van der Waals surface area contributed by atoms with Crippen molar-refractivity contribution in [2.75, 3.05) is 0 Å². The van der Waals surface area contributed by atoms with Crippen LogP contribution in [0.3, 0.4) is 0 Å². The molecule has 8 atom stereocenters. The van der Waals surface area contributed by atoms with Crippen molar-refractivity contribution in [2.45, 2.75) is 22.5 Å². The molecule has 90 valence electrons. The second-order valence-electron chi connectivity index (χ2n) is 6.60. The van der Waals surface area contributed by atoms with E-state index < -0.39 is 0 Å². The molecule has 5 aliphatic carbocycles. The van der Waals surface area contributed by atoms with Crippen molar-refractivity contribution in [3.63, 3.8) is 0 Å². The molecule has 0 aliphatic heterocycles. The summed E-state index contributed by atoms with van der Waals surface area (Å²) in [5, 5.41) is 0. The molecule has 5 aliphatic rings. The molecule has 5 saturated carbocycles. The van der Waals surface area contributed by atoms with Crippen LogP contribution in [-0.4, -0.2) is 21.2 Å². The molecule has 5 fully saturated rings. The lowest BCUT2D eigenvalue weighted by Crippen LogP contribution is -2.29. The van der Waals surface area contributed by atoms with Crippen LogP contribution < -0.4 is 0 Å². The fourth-order valence-corrected chi connectivity index (χ4v) is 8.10. The number of fused-ring (bicyclic) bond motifs is 2. The molecule has 2 bridgehead atoms. The van der Waals surface area contributed by atoms with Crippen molar-refractivity contribution < 1.29 is 9.59 Å². The molecule has 0 heterocycles. The highest BCUT2D eigenvalue weighted by atomic mass is 79.9. The summed E-state index contributed by atoms with van der Waals surface area (Å²) in [6.07, 6.45) is 2.53. The van der Waals surface area contributed by atoms with E-state index >= 15 is 0 Å². The van der Waals surface area contributed by atoms with E-state index in [0.717, 1.165) is 0 Å². The molecule has 8 unspecified atom stereocenters. The molecule has 0 aromatic heterocycles. The van der Waals surface area contributed by atoms with E-state index in [1.165, 1.54) is 12.8 Å². The van der Waals surface area contributed by atoms with Gasteiger partial charge in [0.1, 0.15) is 0 Å². The Morgan fingerprint density at radius 1 is 0.882 bits per heavy atom. The zero-order valence-corrected chi connectivity index (χ0v) is 12.3. The van der Waals surface area contributed by atoms with Gasteiger partial charge in [0.05, 0.1) is 9.65 Å². The van der Waals surface area contributed by atoms with Crippen molar-refractivity contribution >= 4 is 43.4 Å². The number of hydrogen-bond donors (Lipinski definition) is 0. The van der Waals surface area contributed by atoms with E-state index in [9.17, 15) is 9.59 Å². The molecule has 4 heteroatoms. The number of ketones is 2. The number of hydrogen-bond acceptors (Lipinski definition) is 2. The topological polar surface area (TPSA) is 34.1 Å². The van der Waals surface area contributed by atoms with Crippen LogP contribution >= 0.6 is 31.9 Å². The van der Waals surface area contributed by atoms with Crippen LogP contribution in [0.4, 0.5) is 0 Å². The van der Waals surface area contributed by atoms with Crippen molar-refractivity contribution in [2.24, 2.45) is 40.9 Å². The van der Waals surface area contributed by atoms with Gasteiger partial charge in [-0.15, -0.1) is 0 Å². The molecule has 0 radical (unpaired) electrons. The minimum Gasteiger partial charge on any atom is -0.298 e. The average molecular weight is 360 g/mol. The molecular weight excluding hydrogens is 348 g/mol. The zero-order valence-electron chi connectivity index (χ0n) is 9.11. The third-order valence-corrected chi connectivity index (χ3v) is 8.59. The van der Waals surface area contributed by atoms with E-state index in [0.29, 0.717) is 40.7 Å². The van der Waals surface area contributed by atoms with E-state index in [1.807, 2.05) is 0 Å². The highest BCUT2D eigenvalue weighted by Gasteiger charge is 2.85. The fraction of sp³-hybridized carbons (Fsp3) is 0.846. The summed E-state index contributed by atoms with van der Waals surface area (Å²) in [4.78, 5) is 24.8. The first kappa shape index (κ1) is 10.1. The largest absolute Gasteiger partial charge is 0.298 e. The van der Waals surface area contributed by atoms with Gasteiger partial charge in [0.2, 0.25) is 0 Å². The van der Waals surface area contributed by atoms with Gasteiger partial charge in [0.15, 0.2) is 11.6 Å². The predicted molar refractivity (Wildman–Crippen MR) is 68.1 cm³/mol. The molecule has 0 saturated heterocycles. The third kappa shape index (κ3) is 0.782. The first-order chi connectivity index (χ1) is 8.09. The first-order valence-corrected chi connectivity index (χ1v) is 8.28. The minimum absolute atomic E-state index is 0.0307. The summed E-state index contributed by atoms with van der Waals surface area (Å²) in [5.41, 5.74) is 0.404. The minimum atomic E-state index is 0.0307. The third-order valence-electron chi connectivity index (χ3n) is 6.47. The smallest absolute Gasteiger partial charge is 0.150 e. The normalized spacial score (nSPS) is 64.1. The Morgan fingerprint density at radius 2 is 1.29 bits per heavy atom. The van der Waals surface area contributed by atoms with E-state index in [-0.39, 0.29) is 21.5 Å². The maximum absolute atomic E-state index is 12.4. The fourth-order valence-electron chi connectivity index (χ4n) is 6.13. The molecule has 17 heavy (non-hydrogen) atoms.